The van der Waals surface area contributed by atoms with Crippen molar-refractivity contribution in [2.24, 2.45) is 0 Å². The van der Waals surface area contributed by atoms with E-state index in [2.05, 4.69) is 45.1 Å². The van der Waals surface area contributed by atoms with Crippen molar-refractivity contribution in [2.75, 3.05) is 13.2 Å². The Morgan fingerprint density at radius 1 is 0.297 bits per heavy atom. The number of ether oxygens (including phenoxy) is 3. The lowest BCUT2D eigenvalue weighted by molar-refractivity contribution is -0.167. The Labute approximate surface area is 398 Å². The maximum absolute atomic E-state index is 12.7. The normalized spacial score (nSPS) is 12.1. The molecular weight excluding hydrogens is 793 g/mol. The van der Waals surface area contributed by atoms with E-state index in [9.17, 15) is 14.4 Å². The second-order valence-corrected chi connectivity index (χ2v) is 19.2. The van der Waals surface area contributed by atoms with Crippen molar-refractivity contribution in [3.63, 3.8) is 0 Å². The van der Waals surface area contributed by atoms with Crippen LogP contribution in [0.2, 0.25) is 0 Å². The van der Waals surface area contributed by atoms with Crippen LogP contribution < -0.4 is 0 Å². The molecule has 0 aromatic carbocycles. The van der Waals surface area contributed by atoms with Gasteiger partial charge in [0.05, 0.1) is 0 Å². The second-order valence-electron chi connectivity index (χ2n) is 19.2. The first-order chi connectivity index (χ1) is 31.5. The van der Waals surface area contributed by atoms with Gasteiger partial charge in [-0.2, -0.15) is 0 Å². The van der Waals surface area contributed by atoms with Crippen LogP contribution in [0.5, 0.6) is 0 Å². The standard InChI is InChI=1S/C58H108O6/c1-4-7-10-13-16-19-21-22-23-24-25-26-27-28-29-30-31-32-33-34-35-36-37-40-42-45-48-51-57(60)63-54-55(53-62-56(59)50-47-44-41-38-18-15-12-9-6-3)64-58(61)52-49-46-43-39-20-17-14-11-8-5-2/h11,14,24-25,55H,4-10,12-13,15-23,26-54H2,1-3H3/b14-11-,25-24-. The predicted octanol–water partition coefficient (Wildman–Crippen LogP) is 18.7. The van der Waals surface area contributed by atoms with E-state index in [4.69, 9.17) is 14.2 Å². The minimum absolute atomic E-state index is 0.0707. The first-order valence-corrected chi connectivity index (χ1v) is 28.3. The molecule has 0 saturated carbocycles. The first-order valence-electron chi connectivity index (χ1n) is 28.3. The molecule has 0 aliphatic rings. The van der Waals surface area contributed by atoms with E-state index >= 15 is 0 Å². The molecule has 1 unspecified atom stereocenters. The van der Waals surface area contributed by atoms with Crippen molar-refractivity contribution in [2.45, 2.75) is 316 Å². The zero-order valence-corrected chi connectivity index (χ0v) is 43.1. The smallest absolute Gasteiger partial charge is 0.306 e. The topological polar surface area (TPSA) is 78.9 Å². The Hall–Kier alpha value is -2.11. The van der Waals surface area contributed by atoms with Gasteiger partial charge in [0.1, 0.15) is 13.2 Å². The van der Waals surface area contributed by atoms with Gasteiger partial charge in [0.25, 0.3) is 0 Å². The summed E-state index contributed by atoms with van der Waals surface area (Å²) >= 11 is 0. The van der Waals surface area contributed by atoms with Crippen LogP contribution in [0.4, 0.5) is 0 Å². The molecule has 64 heavy (non-hydrogen) atoms. The molecular formula is C58H108O6. The molecule has 0 saturated heterocycles. The minimum Gasteiger partial charge on any atom is -0.462 e. The zero-order chi connectivity index (χ0) is 46.5. The van der Waals surface area contributed by atoms with Gasteiger partial charge in [0, 0.05) is 19.3 Å². The molecule has 0 heterocycles. The molecule has 0 aromatic heterocycles. The number of esters is 3. The second kappa shape index (κ2) is 53.5. The van der Waals surface area contributed by atoms with Crippen LogP contribution in [0.25, 0.3) is 0 Å². The summed E-state index contributed by atoms with van der Waals surface area (Å²) in [6.45, 7) is 6.58. The van der Waals surface area contributed by atoms with E-state index in [1.165, 1.54) is 193 Å². The molecule has 6 heteroatoms. The Balaban J connectivity index is 4.04. The number of rotatable bonds is 52. The van der Waals surface area contributed by atoms with E-state index < -0.39 is 6.10 Å². The molecule has 0 rings (SSSR count). The molecule has 0 amide bonds. The van der Waals surface area contributed by atoms with Crippen LogP contribution in [0.3, 0.4) is 0 Å². The molecule has 0 bridgehead atoms. The third-order valence-electron chi connectivity index (χ3n) is 12.7. The molecule has 1 atom stereocenters. The molecule has 376 valence electrons. The molecule has 0 aromatic rings. The average molecular weight is 901 g/mol. The van der Waals surface area contributed by atoms with E-state index in [0.717, 1.165) is 77.0 Å². The molecule has 0 aliphatic heterocycles. The summed E-state index contributed by atoms with van der Waals surface area (Å²) in [5, 5.41) is 0. The highest BCUT2D eigenvalue weighted by molar-refractivity contribution is 5.71. The van der Waals surface area contributed by atoms with Crippen molar-refractivity contribution < 1.29 is 28.6 Å². The average Bonchev–Trinajstić information content (AvgIpc) is 3.29. The number of hydrogen-bond donors (Lipinski definition) is 0. The van der Waals surface area contributed by atoms with E-state index in [1.807, 2.05) is 0 Å². The fraction of sp³-hybridized carbons (Fsp3) is 0.879. The van der Waals surface area contributed by atoms with Gasteiger partial charge in [0.2, 0.25) is 0 Å². The molecule has 0 N–H and O–H groups in total. The molecule has 0 fully saturated rings. The van der Waals surface area contributed by atoms with Gasteiger partial charge in [-0.05, 0) is 64.2 Å². The Morgan fingerprint density at radius 2 is 0.547 bits per heavy atom. The van der Waals surface area contributed by atoms with Crippen molar-refractivity contribution in [1.82, 2.24) is 0 Å². The number of carbonyl (C=O) groups is 3. The largest absolute Gasteiger partial charge is 0.462 e. The number of carbonyl (C=O) groups excluding carboxylic acids is 3. The Morgan fingerprint density at radius 3 is 0.844 bits per heavy atom. The van der Waals surface area contributed by atoms with Crippen LogP contribution in [-0.4, -0.2) is 37.2 Å². The maximum Gasteiger partial charge on any atom is 0.306 e. The van der Waals surface area contributed by atoms with Gasteiger partial charge < -0.3 is 14.2 Å². The van der Waals surface area contributed by atoms with E-state index in [1.54, 1.807) is 0 Å². The van der Waals surface area contributed by atoms with E-state index in [0.29, 0.717) is 19.3 Å². The number of unbranched alkanes of at least 4 members (excludes halogenated alkanes) is 37. The van der Waals surface area contributed by atoms with Crippen molar-refractivity contribution >= 4 is 17.9 Å². The highest BCUT2D eigenvalue weighted by Gasteiger charge is 2.19. The lowest BCUT2D eigenvalue weighted by Gasteiger charge is -2.18. The summed E-state index contributed by atoms with van der Waals surface area (Å²) in [5.41, 5.74) is 0. The lowest BCUT2D eigenvalue weighted by atomic mass is 10.0. The number of allylic oxidation sites excluding steroid dienone is 4. The fourth-order valence-electron chi connectivity index (χ4n) is 8.38. The van der Waals surface area contributed by atoms with Gasteiger partial charge in [-0.1, -0.05) is 251 Å². The summed E-state index contributed by atoms with van der Waals surface area (Å²) in [4.78, 5) is 37.8. The van der Waals surface area contributed by atoms with Crippen LogP contribution in [0.1, 0.15) is 310 Å². The zero-order valence-electron chi connectivity index (χ0n) is 43.1. The lowest BCUT2D eigenvalue weighted by Crippen LogP contribution is -2.30. The first kappa shape index (κ1) is 61.9. The quantitative estimate of drug-likeness (QED) is 0.0262. The van der Waals surface area contributed by atoms with Crippen molar-refractivity contribution in [3.8, 4) is 0 Å². The number of hydrogen-bond acceptors (Lipinski definition) is 6. The highest BCUT2D eigenvalue weighted by atomic mass is 16.6. The summed E-state index contributed by atoms with van der Waals surface area (Å²) in [6, 6.07) is 0. The van der Waals surface area contributed by atoms with Gasteiger partial charge in [-0.25, -0.2) is 0 Å². The third-order valence-corrected chi connectivity index (χ3v) is 12.7. The molecule has 0 aliphatic carbocycles. The summed E-state index contributed by atoms with van der Waals surface area (Å²) in [5.74, 6) is -0.871. The Kier molecular flexibility index (Phi) is 51.7. The minimum atomic E-state index is -0.768. The van der Waals surface area contributed by atoms with Gasteiger partial charge in [-0.15, -0.1) is 0 Å². The molecule has 6 nitrogen and oxygen atoms in total. The predicted molar refractivity (Wildman–Crippen MR) is 275 cm³/mol. The summed E-state index contributed by atoms with van der Waals surface area (Å²) in [7, 11) is 0. The molecule has 0 radical (unpaired) electrons. The summed E-state index contributed by atoms with van der Waals surface area (Å²) < 4.78 is 16.8. The maximum atomic E-state index is 12.7. The molecule has 0 spiro atoms. The third kappa shape index (κ3) is 50.9. The highest BCUT2D eigenvalue weighted by Crippen LogP contribution is 2.17. The van der Waals surface area contributed by atoms with Gasteiger partial charge in [-0.3, -0.25) is 14.4 Å². The van der Waals surface area contributed by atoms with Gasteiger partial charge in [0.15, 0.2) is 6.10 Å². The Bertz CT molecular complexity index is 1040. The van der Waals surface area contributed by atoms with Crippen molar-refractivity contribution in [3.05, 3.63) is 24.3 Å². The van der Waals surface area contributed by atoms with E-state index in [-0.39, 0.29) is 31.1 Å². The van der Waals surface area contributed by atoms with Crippen molar-refractivity contribution in [1.29, 1.82) is 0 Å². The van der Waals surface area contributed by atoms with Crippen LogP contribution >= 0.6 is 0 Å². The summed E-state index contributed by atoms with van der Waals surface area (Å²) in [6.07, 6.45) is 62.0. The van der Waals surface area contributed by atoms with Gasteiger partial charge >= 0.3 is 17.9 Å². The SMILES string of the molecule is CCC/C=C\CCCCCCCC(=O)OC(COC(=O)CCCCCCCCCCC)COC(=O)CCCCCCCCCCCCCCCCC/C=C\CCCCCCCCCC. The fourth-order valence-corrected chi connectivity index (χ4v) is 8.38. The monoisotopic (exact) mass is 901 g/mol. The van der Waals surface area contributed by atoms with Crippen LogP contribution in [-0.2, 0) is 28.6 Å². The van der Waals surface area contributed by atoms with Crippen LogP contribution in [0.15, 0.2) is 24.3 Å². The van der Waals surface area contributed by atoms with Crippen LogP contribution in [0, 0.1) is 0 Å².